The Labute approximate surface area is 123 Å². The van der Waals surface area contributed by atoms with E-state index in [9.17, 15) is 18.0 Å². The molecule has 0 aliphatic carbocycles. The minimum absolute atomic E-state index is 0.399. The number of rotatable bonds is 2. The third-order valence-corrected chi connectivity index (χ3v) is 3.29. The van der Waals surface area contributed by atoms with E-state index in [4.69, 9.17) is 0 Å². The van der Waals surface area contributed by atoms with Crippen molar-refractivity contribution >= 4 is 22.5 Å². The molecule has 0 atom stereocenters. The Balaban J connectivity index is 1.91. The normalized spacial score (nSPS) is 11.6. The van der Waals surface area contributed by atoms with Gasteiger partial charge in [0.15, 0.2) is 0 Å². The Morgan fingerprint density at radius 2 is 1.82 bits per heavy atom. The summed E-state index contributed by atoms with van der Waals surface area (Å²) >= 11 is 0. The van der Waals surface area contributed by atoms with Crippen LogP contribution in [0.25, 0.3) is 10.9 Å². The van der Waals surface area contributed by atoms with Gasteiger partial charge in [-0.05, 0) is 36.4 Å². The van der Waals surface area contributed by atoms with E-state index in [-0.39, 0.29) is 0 Å². The van der Waals surface area contributed by atoms with Crippen molar-refractivity contribution in [1.29, 1.82) is 0 Å². The molecule has 0 radical (unpaired) electrons. The number of fused-ring (bicyclic) bond motifs is 1. The fourth-order valence-electron chi connectivity index (χ4n) is 2.26. The van der Waals surface area contributed by atoms with Crippen LogP contribution in [0.5, 0.6) is 0 Å². The molecule has 1 amide bonds. The van der Waals surface area contributed by atoms with Crippen molar-refractivity contribution in [3.63, 3.8) is 0 Å². The Morgan fingerprint density at radius 1 is 1.05 bits per heavy atom. The molecule has 3 aromatic rings. The Hall–Kier alpha value is -2.76. The molecule has 0 saturated heterocycles. The lowest BCUT2D eigenvalue weighted by Crippen LogP contribution is -2.18. The van der Waals surface area contributed by atoms with Gasteiger partial charge in [-0.2, -0.15) is 13.2 Å². The first-order valence-electron chi connectivity index (χ1n) is 6.50. The van der Waals surface area contributed by atoms with Crippen LogP contribution >= 0.6 is 0 Å². The SMILES string of the molecule is O=C(Nc1ccc2[nH]ccc2c1)c1ccccc1C(F)(F)F. The molecule has 3 nitrogen and oxygen atoms in total. The second-order valence-electron chi connectivity index (χ2n) is 4.78. The highest BCUT2D eigenvalue weighted by Gasteiger charge is 2.34. The molecule has 0 spiro atoms. The maximum absolute atomic E-state index is 12.9. The molecule has 0 bridgehead atoms. The predicted molar refractivity (Wildman–Crippen MR) is 77.7 cm³/mol. The molecular formula is C16H11F3N2O. The zero-order chi connectivity index (χ0) is 15.7. The summed E-state index contributed by atoms with van der Waals surface area (Å²) < 4.78 is 38.8. The summed E-state index contributed by atoms with van der Waals surface area (Å²) in [5, 5.41) is 3.36. The minimum atomic E-state index is -4.57. The molecule has 2 N–H and O–H groups in total. The molecule has 1 heterocycles. The molecule has 0 aliphatic heterocycles. The summed E-state index contributed by atoms with van der Waals surface area (Å²) in [5.41, 5.74) is -0.0258. The molecule has 2 aromatic carbocycles. The van der Waals surface area contributed by atoms with Crippen molar-refractivity contribution in [3.05, 3.63) is 65.9 Å². The second-order valence-corrected chi connectivity index (χ2v) is 4.78. The number of carbonyl (C=O) groups is 1. The van der Waals surface area contributed by atoms with E-state index in [2.05, 4.69) is 10.3 Å². The maximum atomic E-state index is 12.9. The lowest BCUT2D eigenvalue weighted by molar-refractivity contribution is -0.137. The molecule has 0 aliphatic rings. The molecule has 0 saturated carbocycles. The number of aromatic nitrogens is 1. The van der Waals surface area contributed by atoms with Gasteiger partial charge in [0.25, 0.3) is 5.91 Å². The predicted octanol–water partition coefficient (Wildman–Crippen LogP) is 4.44. The Kier molecular flexibility index (Phi) is 3.36. The van der Waals surface area contributed by atoms with Gasteiger partial charge in [0.05, 0.1) is 11.1 Å². The number of aromatic amines is 1. The van der Waals surface area contributed by atoms with Crippen molar-refractivity contribution in [2.75, 3.05) is 5.32 Å². The van der Waals surface area contributed by atoms with Gasteiger partial charge >= 0.3 is 6.18 Å². The van der Waals surface area contributed by atoms with Crippen LogP contribution in [0.2, 0.25) is 0 Å². The van der Waals surface area contributed by atoms with Gasteiger partial charge < -0.3 is 10.3 Å². The van der Waals surface area contributed by atoms with E-state index in [1.165, 1.54) is 12.1 Å². The number of H-pyrrole nitrogens is 1. The molecule has 112 valence electrons. The van der Waals surface area contributed by atoms with Gasteiger partial charge in [0.2, 0.25) is 0 Å². The van der Waals surface area contributed by atoms with E-state index in [0.717, 1.165) is 23.0 Å². The quantitative estimate of drug-likeness (QED) is 0.722. The average molecular weight is 304 g/mol. The lowest BCUT2D eigenvalue weighted by Gasteiger charge is -2.12. The zero-order valence-electron chi connectivity index (χ0n) is 11.2. The molecule has 6 heteroatoms. The Morgan fingerprint density at radius 3 is 2.59 bits per heavy atom. The van der Waals surface area contributed by atoms with Crippen LogP contribution < -0.4 is 5.32 Å². The zero-order valence-corrected chi connectivity index (χ0v) is 11.2. The first kappa shape index (κ1) is 14.2. The first-order valence-corrected chi connectivity index (χ1v) is 6.50. The molecular weight excluding hydrogens is 293 g/mol. The van der Waals surface area contributed by atoms with Gasteiger partial charge in [-0.25, -0.2) is 0 Å². The van der Waals surface area contributed by atoms with Crippen molar-refractivity contribution in [1.82, 2.24) is 4.98 Å². The number of halogens is 3. The molecule has 0 fully saturated rings. The van der Waals surface area contributed by atoms with Crippen molar-refractivity contribution < 1.29 is 18.0 Å². The lowest BCUT2D eigenvalue weighted by atomic mass is 10.1. The van der Waals surface area contributed by atoms with Crippen LogP contribution in [-0.2, 0) is 6.18 Å². The highest BCUT2D eigenvalue weighted by molar-refractivity contribution is 6.06. The summed E-state index contributed by atoms with van der Waals surface area (Å²) in [6.45, 7) is 0. The van der Waals surface area contributed by atoms with Crippen LogP contribution in [0.1, 0.15) is 15.9 Å². The number of alkyl halides is 3. The van der Waals surface area contributed by atoms with E-state index in [0.29, 0.717) is 5.69 Å². The van der Waals surface area contributed by atoms with Crippen molar-refractivity contribution in [2.45, 2.75) is 6.18 Å². The highest BCUT2D eigenvalue weighted by Crippen LogP contribution is 2.32. The number of nitrogens with one attached hydrogen (secondary N) is 2. The van der Waals surface area contributed by atoms with Crippen molar-refractivity contribution in [2.24, 2.45) is 0 Å². The fourth-order valence-corrected chi connectivity index (χ4v) is 2.26. The number of amides is 1. The molecule has 1 aromatic heterocycles. The third kappa shape index (κ3) is 2.67. The summed E-state index contributed by atoms with van der Waals surface area (Å²) in [4.78, 5) is 15.1. The number of benzene rings is 2. The highest BCUT2D eigenvalue weighted by atomic mass is 19.4. The van der Waals surface area contributed by atoms with Gasteiger partial charge in [-0.3, -0.25) is 4.79 Å². The van der Waals surface area contributed by atoms with E-state index in [1.807, 2.05) is 6.07 Å². The number of hydrogen-bond acceptors (Lipinski definition) is 1. The molecule has 0 unspecified atom stereocenters. The fraction of sp³-hybridized carbons (Fsp3) is 0.0625. The van der Waals surface area contributed by atoms with E-state index in [1.54, 1.807) is 24.4 Å². The van der Waals surface area contributed by atoms with Crippen LogP contribution in [0.4, 0.5) is 18.9 Å². The third-order valence-electron chi connectivity index (χ3n) is 3.29. The number of hydrogen-bond donors (Lipinski definition) is 2. The number of carbonyl (C=O) groups excluding carboxylic acids is 1. The molecule has 22 heavy (non-hydrogen) atoms. The monoisotopic (exact) mass is 304 g/mol. The summed E-state index contributed by atoms with van der Waals surface area (Å²) in [5.74, 6) is -0.789. The molecule has 3 rings (SSSR count). The smallest absolute Gasteiger partial charge is 0.361 e. The van der Waals surface area contributed by atoms with Crippen molar-refractivity contribution in [3.8, 4) is 0 Å². The standard InChI is InChI=1S/C16H11F3N2O/c17-16(18,19)13-4-2-1-3-12(13)15(22)21-11-5-6-14-10(9-11)7-8-20-14/h1-9,20H,(H,21,22). The Bertz CT molecular complexity index is 837. The van der Waals surface area contributed by atoms with Gasteiger partial charge in [-0.1, -0.05) is 12.1 Å². The van der Waals surface area contributed by atoms with E-state index >= 15 is 0 Å². The average Bonchev–Trinajstić information content (AvgIpc) is 2.94. The van der Waals surface area contributed by atoms with Gasteiger partial charge in [0.1, 0.15) is 0 Å². The second kappa shape index (κ2) is 5.22. The summed E-state index contributed by atoms with van der Waals surface area (Å²) in [7, 11) is 0. The summed E-state index contributed by atoms with van der Waals surface area (Å²) in [6, 6.07) is 11.6. The van der Waals surface area contributed by atoms with Crippen LogP contribution in [0.15, 0.2) is 54.7 Å². The topological polar surface area (TPSA) is 44.9 Å². The number of anilines is 1. The van der Waals surface area contributed by atoms with Crippen LogP contribution in [0.3, 0.4) is 0 Å². The van der Waals surface area contributed by atoms with Crippen LogP contribution in [-0.4, -0.2) is 10.9 Å². The summed E-state index contributed by atoms with van der Waals surface area (Å²) in [6.07, 6.45) is -2.83. The van der Waals surface area contributed by atoms with Gasteiger partial charge in [-0.15, -0.1) is 0 Å². The van der Waals surface area contributed by atoms with Crippen LogP contribution in [0, 0.1) is 0 Å². The van der Waals surface area contributed by atoms with E-state index < -0.39 is 23.2 Å². The largest absolute Gasteiger partial charge is 0.417 e. The maximum Gasteiger partial charge on any atom is 0.417 e. The minimum Gasteiger partial charge on any atom is -0.361 e. The van der Waals surface area contributed by atoms with Gasteiger partial charge in [0, 0.05) is 22.8 Å². The first-order chi connectivity index (χ1) is 10.4.